The van der Waals surface area contributed by atoms with E-state index < -0.39 is 5.97 Å². The predicted octanol–water partition coefficient (Wildman–Crippen LogP) is 3.37. The summed E-state index contributed by atoms with van der Waals surface area (Å²) in [4.78, 5) is 16.6. The van der Waals surface area contributed by atoms with Gasteiger partial charge in [0.25, 0.3) is 0 Å². The summed E-state index contributed by atoms with van der Waals surface area (Å²) >= 11 is 0. The molecule has 1 aliphatic rings. The third-order valence-electron chi connectivity index (χ3n) is 3.99. The van der Waals surface area contributed by atoms with Crippen LogP contribution in [-0.4, -0.2) is 33.2 Å². The second-order valence-electron chi connectivity index (χ2n) is 5.61. The largest absolute Gasteiger partial charge is 0.493 e. The lowest BCUT2D eigenvalue weighted by atomic mass is 10.1. The number of benzene rings is 2. The average molecular weight is 353 g/mol. The minimum absolute atomic E-state index is 0.206. The number of aryl methyl sites for hydroxylation is 1. The highest BCUT2D eigenvalue weighted by Gasteiger charge is 2.25. The Labute approximate surface area is 151 Å². The molecule has 0 fully saturated rings. The summed E-state index contributed by atoms with van der Waals surface area (Å²) in [6, 6.07) is 11.1. The number of ether oxygens (including phenoxy) is 4. The van der Waals surface area contributed by atoms with Gasteiger partial charge in [-0.05, 0) is 42.3 Å². The highest BCUT2D eigenvalue weighted by atomic mass is 16.6. The van der Waals surface area contributed by atoms with Gasteiger partial charge in [-0.2, -0.15) is 0 Å². The summed E-state index contributed by atoms with van der Waals surface area (Å²) < 4.78 is 21.3. The Balaban J connectivity index is 2.02. The first-order valence-corrected chi connectivity index (χ1v) is 7.96. The van der Waals surface area contributed by atoms with E-state index in [4.69, 9.17) is 18.9 Å². The zero-order chi connectivity index (χ0) is 18.7. The van der Waals surface area contributed by atoms with Gasteiger partial charge in [-0.1, -0.05) is 18.2 Å². The molecule has 0 unspecified atom stereocenters. The molecular formula is C20H19NO5. The topological polar surface area (TPSA) is 66.4 Å². The van der Waals surface area contributed by atoms with E-state index in [-0.39, 0.29) is 5.70 Å². The normalized spacial score (nSPS) is 14.8. The number of rotatable bonds is 5. The molecule has 0 N–H and O–H groups in total. The zero-order valence-electron chi connectivity index (χ0n) is 15.0. The Morgan fingerprint density at radius 2 is 1.65 bits per heavy atom. The Bertz CT molecular complexity index is 889. The Hall–Kier alpha value is -3.28. The van der Waals surface area contributed by atoms with Crippen molar-refractivity contribution in [1.29, 1.82) is 0 Å². The number of hydrogen-bond donors (Lipinski definition) is 0. The number of cyclic esters (lactones) is 1. The lowest BCUT2D eigenvalue weighted by molar-refractivity contribution is -0.129. The summed E-state index contributed by atoms with van der Waals surface area (Å²) in [6.07, 6.45) is 1.62. The maximum Gasteiger partial charge on any atom is 0.363 e. The average Bonchev–Trinajstić information content (AvgIpc) is 3.01. The second kappa shape index (κ2) is 7.31. The van der Waals surface area contributed by atoms with Crippen molar-refractivity contribution in [3.63, 3.8) is 0 Å². The molecule has 0 amide bonds. The number of methoxy groups -OCH3 is 3. The number of carbonyl (C=O) groups excluding carboxylic acids is 1. The van der Waals surface area contributed by atoms with Crippen LogP contribution >= 0.6 is 0 Å². The van der Waals surface area contributed by atoms with E-state index in [2.05, 4.69) is 4.99 Å². The maximum atomic E-state index is 12.2. The summed E-state index contributed by atoms with van der Waals surface area (Å²) in [5, 5.41) is 0. The summed E-state index contributed by atoms with van der Waals surface area (Å²) in [5.41, 5.74) is 2.65. The Kier molecular flexibility index (Phi) is 4.93. The van der Waals surface area contributed by atoms with Crippen molar-refractivity contribution in [3.8, 4) is 17.2 Å². The second-order valence-corrected chi connectivity index (χ2v) is 5.61. The quantitative estimate of drug-likeness (QED) is 0.609. The van der Waals surface area contributed by atoms with Crippen LogP contribution in [0.2, 0.25) is 0 Å². The highest BCUT2D eigenvalue weighted by molar-refractivity contribution is 6.13. The first-order chi connectivity index (χ1) is 12.6. The third-order valence-corrected chi connectivity index (χ3v) is 3.99. The van der Waals surface area contributed by atoms with Gasteiger partial charge in [0.15, 0.2) is 17.2 Å². The van der Waals surface area contributed by atoms with Crippen molar-refractivity contribution >= 4 is 17.9 Å². The molecule has 1 aliphatic heterocycles. The standard InChI is InChI=1S/C20H19NO5/c1-12-7-5-6-8-14(12)19-21-15(20(22)26-19)9-13-10-16(23-2)18(25-4)17(11-13)24-3/h5-11H,1-4H3. The molecule has 6 heteroatoms. The number of carbonyl (C=O) groups is 1. The van der Waals surface area contributed by atoms with Crippen LogP contribution in [0.4, 0.5) is 0 Å². The fourth-order valence-corrected chi connectivity index (χ4v) is 2.68. The van der Waals surface area contributed by atoms with Gasteiger partial charge in [0.05, 0.1) is 21.3 Å². The van der Waals surface area contributed by atoms with Crippen molar-refractivity contribution in [3.05, 3.63) is 58.8 Å². The molecule has 0 atom stereocenters. The van der Waals surface area contributed by atoms with Gasteiger partial charge in [-0.25, -0.2) is 9.79 Å². The van der Waals surface area contributed by atoms with E-state index in [0.29, 0.717) is 28.7 Å². The minimum atomic E-state index is -0.503. The first-order valence-electron chi connectivity index (χ1n) is 7.96. The molecule has 0 radical (unpaired) electrons. The number of hydrogen-bond acceptors (Lipinski definition) is 6. The van der Waals surface area contributed by atoms with Gasteiger partial charge in [0, 0.05) is 5.56 Å². The van der Waals surface area contributed by atoms with Crippen molar-refractivity contribution in [2.24, 2.45) is 4.99 Å². The smallest absolute Gasteiger partial charge is 0.363 e. The van der Waals surface area contributed by atoms with Crippen LogP contribution in [-0.2, 0) is 9.53 Å². The summed E-state index contributed by atoms with van der Waals surface area (Å²) in [5.74, 6) is 1.26. The van der Waals surface area contributed by atoms with Crippen molar-refractivity contribution in [2.45, 2.75) is 6.92 Å². The minimum Gasteiger partial charge on any atom is -0.493 e. The SMILES string of the molecule is COc1cc(C=C2N=C(c3ccccc3C)OC2=O)cc(OC)c1OC. The Morgan fingerprint density at radius 1 is 1.00 bits per heavy atom. The molecule has 1 heterocycles. The van der Waals surface area contributed by atoms with Crippen LogP contribution in [0.25, 0.3) is 6.08 Å². The van der Waals surface area contributed by atoms with Crippen LogP contribution in [0.5, 0.6) is 17.2 Å². The monoisotopic (exact) mass is 353 g/mol. The molecule has 0 saturated carbocycles. The number of aliphatic imine (C=N–C) groups is 1. The van der Waals surface area contributed by atoms with Crippen molar-refractivity contribution in [1.82, 2.24) is 0 Å². The van der Waals surface area contributed by atoms with E-state index in [1.807, 2.05) is 31.2 Å². The summed E-state index contributed by atoms with van der Waals surface area (Å²) in [7, 11) is 4.60. The van der Waals surface area contributed by atoms with Gasteiger partial charge >= 0.3 is 5.97 Å². The highest BCUT2D eigenvalue weighted by Crippen LogP contribution is 2.39. The van der Waals surface area contributed by atoms with E-state index in [1.54, 1.807) is 18.2 Å². The number of nitrogens with zero attached hydrogens (tertiary/aromatic N) is 1. The zero-order valence-corrected chi connectivity index (χ0v) is 15.0. The maximum absolute atomic E-state index is 12.2. The molecule has 0 aromatic heterocycles. The van der Waals surface area contributed by atoms with Crippen LogP contribution in [0, 0.1) is 6.92 Å². The van der Waals surface area contributed by atoms with Gasteiger partial charge in [0.2, 0.25) is 11.6 Å². The molecule has 134 valence electrons. The lowest BCUT2D eigenvalue weighted by Gasteiger charge is -2.12. The van der Waals surface area contributed by atoms with Crippen LogP contribution in [0.3, 0.4) is 0 Å². The van der Waals surface area contributed by atoms with Gasteiger partial charge < -0.3 is 18.9 Å². The molecule has 26 heavy (non-hydrogen) atoms. The van der Waals surface area contributed by atoms with Gasteiger partial charge in [-0.3, -0.25) is 0 Å². The van der Waals surface area contributed by atoms with E-state index >= 15 is 0 Å². The fourth-order valence-electron chi connectivity index (χ4n) is 2.68. The summed E-state index contributed by atoms with van der Waals surface area (Å²) in [6.45, 7) is 1.94. The molecule has 2 aromatic rings. The van der Waals surface area contributed by atoms with Gasteiger partial charge in [-0.15, -0.1) is 0 Å². The van der Waals surface area contributed by atoms with Crippen LogP contribution in [0.1, 0.15) is 16.7 Å². The third kappa shape index (κ3) is 3.26. The first kappa shape index (κ1) is 17.5. The molecule has 2 aromatic carbocycles. The molecule has 0 saturated heterocycles. The van der Waals surface area contributed by atoms with Crippen LogP contribution < -0.4 is 14.2 Å². The van der Waals surface area contributed by atoms with E-state index in [9.17, 15) is 4.79 Å². The number of esters is 1. The molecular weight excluding hydrogens is 334 g/mol. The molecule has 0 spiro atoms. The Morgan fingerprint density at radius 3 is 2.23 bits per heavy atom. The molecule has 6 nitrogen and oxygen atoms in total. The van der Waals surface area contributed by atoms with Crippen molar-refractivity contribution in [2.75, 3.05) is 21.3 Å². The molecule has 3 rings (SSSR count). The molecule has 0 aliphatic carbocycles. The van der Waals surface area contributed by atoms with Crippen molar-refractivity contribution < 1.29 is 23.7 Å². The predicted molar refractivity (Wildman–Crippen MR) is 97.9 cm³/mol. The molecule has 0 bridgehead atoms. The van der Waals surface area contributed by atoms with E-state index in [0.717, 1.165) is 11.1 Å². The van der Waals surface area contributed by atoms with Crippen LogP contribution in [0.15, 0.2) is 47.1 Å². The van der Waals surface area contributed by atoms with E-state index in [1.165, 1.54) is 21.3 Å². The fraction of sp³-hybridized carbons (Fsp3) is 0.200. The van der Waals surface area contributed by atoms with Gasteiger partial charge in [0.1, 0.15) is 0 Å². The lowest BCUT2D eigenvalue weighted by Crippen LogP contribution is -2.06.